The molecule has 1 aliphatic heterocycles. The maximum Gasteiger partial charge on any atom is 0.251 e. The summed E-state index contributed by atoms with van der Waals surface area (Å²) in [4.78, 5) is 43.0. The number of hydrogen-bond donors (Lipinski definition) is 16. The third kappa shape index (κ3) is 13.3. The third-order valence-corrected chi connectivity index (χ3v) is 26.5. The predicted octanol–water partition coefficient (Wildman–Crippen LogP) is 0.843. The lowest BCUT2D eigenvalue weighted by Crippen LogP contribution is -2.62. The summed E-state index contributed by atoms with van der Waals surface area (Å²) in [5, 5.41) is 158. The molecule has 9 fully saturated rings. The average Bonchev–Trinajstić information content (AvgIpc) is 1.33. The van der Waals surface area contributed by atoms with Crippen LogP contribution in [0.2, 0.25) is 0 Å². The molecular formula is C66H113N3O19. The van der Waals surface area contributed by atoms with E-state index in [1.807, 2.05) is 0 Å². The van der Waals surface area contributed by atoms with Crippen molar-refractivity contribution < 1.29 is 95.3 Å². The fourth-order valence-corrected chi connectivity index (χ4v) is 21.2. The SMILES string of the molecule is CC(CCC(=O)NCCCN(CCCNC(=O)C(O)C(O)C(OC1OC(CO)C(O)C(O)[C@H]1O)C(O)CO)C(=O)CCC(C)C1CCC2C3C(C[C@H](O)[C@]12C)[C@@]1(C)CC[C@@H](O)CC1C[C@H]3O)C1CCC2C3C(C[C@H](O)[C@]12C)[C@@]1(C)CC[C@@H](O)CC1C[C@H]3O. The lowest BCUT2D eigenvalue weighted by Gasteiger charge is -2.63. The first kappa shape index (κ1) is 70.1. The quantitative estimate of drug-likeness (QED) is 0.0596. The molecule has 3 amide bonds. The Morgan fingerprint density at radius 1 is 0.602 bits per heavy atom. The van der Waals surface area contributed by atoms with E-state index in [-0.39, 0.29) is 151 Å². The number of carbonyl (C=O) groups excluding carboxylic acids is 3. The highest BCUT2D eigenvalue weighted by Gasteiger charge is 2.68. The van der Waals surface area contributed by atoms with E-state index in [0.29, 0.717) is 57.8 Å². The van der Waals surface area contributed by atoms with Crippen molar-refractivity contribution in [1.82, 2.24) is 15.5 Å². The van der Waals surface area contributed by atoms with Crippen LogP contribution in [0.25, 0.3) is 0 Å². The molecule has 8 aliphatic carbocycles. The lowest BCUT2D eigenvalue weighted by atomic mass is 9.43. The van der Waals surface area contributed by atoms with E-state index in [2.05, 4.69) is 52.2 Å². The van der Waals surface area contributed by atoms with E-state index in [0.717, 1.165) is 51.4 Å². The van der Waals surface area contributed by atoms with Crippen LogP contribution in [0.1, 0.15) is 170 Å². The molecule has 9 rings (SSSR count). The summed E-state index contributed by atoms with van der Waals surface area (Å²) >= 11 is 0. The van der Waals surface area contributed by atoms with E-state index in [1.165, 1.54) is 0 Å². The lowest BCUT2D eigenvalue weighted by molar-refractivity contribution is -0.326. The molecule has 1 saturated heterocycles. The van der Waals surface area contributed by atoms with Gasteiger partial charge in [-0.3, -0.25) is 14.4 Å². The number of nitrogens with zero attached hydrogens (tertiary/aromatic N) is 1. The molecule has 9 aliphatic rings. The van der Waals surface area contributed by atoms with Crippen LogP contribution in [-0.2, 0) is 23.9 Å². The zero-order valence-electron chi connectivity index (χ0n) is 53.2. The van der Waals surface area contributed by atoms with Crippen LogP contribution >= 0.6 is 0 Å². The van der Waals surface area contributed by atoms with Crippen molar-refractivity contribution in [2.75, 3.05) is 39.4 Å². The summed E-state index contributed by atoms with van der Waals surface area (Å²) in [5.41, 5.74) is -0.940. The first-order valence-electron chi connectivity index (χ1n) is 34.1. The van der Waals surface area contributed by atoms with Gasteiger partial charge in [0.2, 0.25) is 11.8 Å². The standard InChI is InChI=1S/C66H113N3O19/c1-33(39-11-13-41-53-43(29-49(77)65(39,41)5)63(3)19-17-37(72)25-35(63)27-45(53)74)9-15-51(79)67-21-7-23-69(24-8-22-68-61(86)58(84)57(83)60(47(76)31-70)88-62-59(85)56(82)55(81)48(32-71)87-62)52(80)16-10-34(2)40-12-14-42-54-44(30-50(78)66(40,42)6)64(4)20-18-38(73)26-36(64)28-46(54)75/h33-50,53-60,62,70-78,81-85H,7-32H2,1-6H3,(H,67,79)(H,68,86)/t33?,34?,35?,36?,37-,38-,39?,40?,41?,42?,43?,44?,45-,46-,47?,48?,49+,50+,53?,54?,55?,56?,57?,58?,59-,60?,62?,63+,64+,65-,66-/m1/s1. The molecule has 88 heavy (non-hydrogen) atoms. The van der Waals surface area contributed by atoms with Crippen molar-refractivity contribution in [3.63, 3.8) is 0 Å². The number of fused-ring (bicyclic) bond motifs is 10. The van der Waals surface area contributed by atoms with Gasteiger partial charge in [0.05, 0.1) is 49.8 Å². The minimum Gasteiger partial charge on any atom is -0.394 e. The highest BCUT2D eigenvalue weighted by Crippen LogP contribution is 2.70. The molecule has 0 radical (unpaired) electrons. The number of amides is 3. The second-order valence-electron chi connectivity index (χ2n) is 30.8. The zero-order chi connectivity index (χ0) is 64.1. The van der Waals surface area contributed by atoms with Crippen LogP contribution in [-0.4, -0.2) is 225 Å². The smallest absolute Gasteiger partial charge is 0.251 e. The highest BCUT2D eigenvalue weighted by molar-refractivity contribution is 5.81. The summed E-state index contributed by atoms with van der Waals surface area (Å²) in [5.74, 6) is 0.317. The van der Waals surface area contributed by atoms with Crippen molar-refractivity contribution in [2.45, 2.75) is 262 Å². The van der Waals surface area contributed by atoms with Gasteiger partial charge in [-0.05, 0) is 208 Å². The fourth-order valence-electron chi connectivity index (χ4n) is 21.2. The van der Waals surface area contributed by atoms with Crippen LogP contribution in [0.5, 0.6) is 0 Å². The van der Waals surface area contributed by atoms with Crippen LogP contribution in [0.3, 0.4) is 0 Å². The van der Waals surface area contributed by atoms with Crippen LogP contribution in [0.15, 0.2) is 0 Å². The van der Waals surface area contributed by atoms with Crippen molar-refractivity contribution in [3.05, 3.63) is 0 Å². The fraction of sp³-hybridized carbons (Fsp3) is 0.955. The summed E-state index contributed by atoms with van der Waals surface area (Å²) in [6.45, 7) is 12.2. The van der Waals surface area contributed by atoms with Gasteiger partial charge in [-0.1, -0.05) is 41.5 Å². The van der Waals surface area contributed by atoms with Crippen LogP contribution < -0.4 is 10.6 Å². The molecule has 16 N–H and O–H groups in total. The molecule has 0 bridgehead atoms. The Morgan fingerprint density at radius 3 is 1.58 bits per heavy atom. The Balaban J connectivity index is 0.796. The maximum atomic E-state index is 14.4. The third-order valence-electron chi connectivity index (χ3n) is 26.5. The number of nitrogens with one attached hydrogen (secondary N) is 2. The molecule has 22 heteroatoms. The summed E-state index contributed by atoms with van der Waals surface area (Å²) in [6.07, 6.45) is -7.03. The van der Waals surface area contributed by atoms with Crippen LogP contribution in [0.4, 0.5) is 0 Å². The number of aliphatic hydroxyl groups excluding tert-OH is 14. The number of aliphatic hydroxyl groups is 14. The van der Waals surface area contributed by atoms with E-state index >= 15 is 0 Å². The topological polar surface area (TPSA) is 380 Å². The van der Waals surface area contributed by atoms with Crippen molar-refractivity contribution >= 4 is 17.7 Å². The molecule has 0 spiro atoms. The molecule has 22 nitrogen and oxygen atoms in total. The molecule has 506 valence electrons. The predicted molar refractivity (Wildman–Crippen MR) is 320 cm³/mol. The molecule has 20 unspecified atom stereocenters. The minimum atomic E-state index is -2.27. The number of rotatable bonds is 24. The van der Waals surface area contributed by atoms with Crippen molar-refractivity contribution in [1.29, 1.82) is 0 Å². The Morgan fingerprint density at radius 2 is 1.09 bits per heavy atom. The molecule has 1 heterocycles. The van der Waals surface area contributed by atoms with Crippen LogP contribution in [0, 0.1) is 92.7 Å². The summed E-state index contributed by atoms with van der Waals surface area (Å²) in [6, 6.07) is 0. The van der Waals surface area contributed by atoms with Gasteiger partial charge < -0.3 is 96.5 Å². The van der Waals surface area contributed by atoms with E-state index in [9.17, 15) is 85.9 Å². The van der Waals surface area contributed by atoms with Crippen molar-refractivity contribution in [2.24, 2.45) is 92.7 Å². The maximum absolute atomic E-state index is 14.4. The average molecular weight is 1250 g/mol. The van der Waals surface area contributed by atoms with Crippen molar-refractivity contribution in [3.8, 4) is 0 Å². The van der Waals surface area contributed by atoms with E-state index in [1.54, 1.807) is 4.90 Å². The summed E-state index contributed by atoms with van der Waals surface area (Å²) < 4.78 is 10.8. The molecular weight excluding hydrogens is 1140 g/mol. The Labute approximate surface area is 520 Å². The Kier molecular flexibility index (Phi) is 22.6. The second-order valence-corrected chi connectivity index (χ2v) is 30.8. The molecule has 8 saturated carbocycles. The monoisotopic (exact) mass is 1250 g/mol. The highest BCUT2D eigenvalue weighted by atomic mass is 16.7. The number of carbonyl (C=O) groups is 3. The molecule has 0 aromatic rings. The van der Waals surface area contributed by atoms with Gasteiger partial charge in [0.15, 0.2) is 12.4 Å². The van der Waals surface area contributed by atoms with Gasteiger partial charge in [-0.15, -0.1) is 0 Å². The van der Waals surface area contributed by atoms with Gasteiger partial charge in [0, 0.05) is 39.0 Å². The number of hydrogen-bond acceptors (Lipinski definition) is 19. The Bertz CT molecular complexity index is 2340. The van der Waals surface area contributed by atoms with E-state index in [4.69, 9.17) is 9.47 Å². The first-order valence-corrected chi connectivity index (χ1v) is 34.1. The molecule has 31 atom stereocenters. The first-order chi connectivity index (χ1) is 41.6. The minimum absolute atomic E-state index is 0.0243. The Hall–Kier alpha value is -2.23. The largest absolute Gasteiger partial charge is 0.394 e. The van der Waals surface area contributed by atoms with Gasteiger partial charge in [-0.2, -0.15) is 0 Å². The van der Waals surface area contributed by atoms with Gasteiger partial charge in [0.1, 0.15) is 42.7 Å². The zero-order valence-corrected chi connectivity index (χ0v) is 53.2. The molecule has 0 aromatic carbocycles. The van der Waals surface area contributed by atoms with E-state index < -0.39 is 109 Å². The second kappa shape index (κ2) is 28.4. The van der Waals surface area contributed by atoms with Gasteiger partial charge >= 0.3 is 0 Å². The van der Waals surface area contributed by atoms with Gasteiger partial charge in [-0.25, -0.2) is 0 Å². The normalized spacial score (nSPS) is 45.8. The summed E-state index contributed by atoms with van der Waals surface area (Å²) in [7, 11) is 0. The molecule has 0 aromatic heterocycles. The van der Waals surface area contributed by atoms with Gasteiger partial charge in [0.25, 0.3) is 5.91 Å². The number of ether oxygens (including phenoxy) is 2.